The largest absolute Gasteiger partial charge is 0.497 e. The van der Waals surface area contributed by atoms with Crippen molar-refractivity contribution in [2.24, 2.45) is 5.73 Å². The minimum Gasteiger partial charge on any atom is -0.497 e. The Morgan fingerprint density at radius 1 is 1.18 bits per heavy atom. The fourth-order valence-corrected chi connectivity index (χ4v) is 4.48. The molecule has 156 valence electrons. The van der Waals surface area contributed by atoms with Crippen molar-refractivity contribution in [2.45, 2.75) is 18.0 Å². The second-order valence-electron chi connectivity index (χ2n) is 6.01. The summed E-state index contributed by atoms with van der Waals surface area (Å²) in [7, 11) is -0.763. The number of nitrogens with two attached hydrogens (primary N) is 1. The van der Waals surface area contributed by atoms with Crippen LogP contribution in [0.5, 0.6) is 11.5 Å². The van der Waals surface area contributed by atoms with E-state index >= 15 is 0 Å². The number of benzene rings is 1. The van der Waals surface area contributed by atoms with E-state index in [1.165, 1.54) is 24.6 Å². The monoisotopic (exact) mass is 433 g/mol. The average molecular weight is 434 g/mol. The predicted molar refractivity (Wildman–Crippen MR) is 103 cm³/mol. The lowest BCUT2D eigenvalue weighted by atomic mass is 10.3. The fourth-order valence-electron chi connectivity index (χ4n) is 2.89. The number of methoxy groups -OCH3 is 2. The molecule has 0 saturated carbocycles. The minimum atomic E-state index is -3.70. The van der Waals surface area contributed by atoms with Crippen LogP contribution in [0.4, 0.5) is 0 Å². The lowest BCUT2D eigenvalue weighted by molar-refractivity contribution is 0.176. The number of hydrogen-bond donors (Lipinski definition) is 1. The van der Waals surface area contributed by atoms with Gasteiger partial charge in [0.15, 0.2) is 5.82 Å². The van der Waals surface area contributed by atoms with Gasteiger partial charge in [-0.3, -0.25) is 4.90 Å². The van der Waals surface area contributed by atoms with Crippen LogP contribution in [0, 0.1) is 0 Å². The predicted octanol–water partition coefficient (Wildman–Crippen LogP) is 0.474. The SMILES string of the molecule is COc1ccc(OC)c(S(=O)(=O)N2CCN(Cc3noc(CN)n3)CC2)c1.Cl. The van der Waals surface area contributed by atoms with Gasteiger partial charge < -0.3 is 19.7 Å². The van der Waals surface area contributed by atoms with Gasteiger partial charge in [-0.25, -0.2) is 8.42 Å². The smallest absolute Gasteiger partial charge is 0.246 e. The summed E-state index contributed by atoms with van der Waals surface area (Å²) in [5.74, 6) is 1.68. The Kier molecular flexibility index (Phi) is 7.61. The standard InChI is InChI=1S/C16H23N5O5S.ClH/c1-24-12-3-4-13(25-2)14(9-12)27(22,23)21-7-5-20(6-8-21)11-15-18-16(10-17)26-19-15;/h3-4,9H,5-8,10-11,17H2,1-2H3;1H. The van der Waals surface area contributed by atoms with E-state index in [0.29, 0.717) is 55.9 Å². The van der Waals surface area contributed by atoms with Crippen molar-refractivity contribution in [3.05, 3.63) is 29.9 Å². The Hall–Kier alpha value is -1.92. The molecule has 1 fully saturated rings. The summed E-state index contributed by atoms with van der Waals surface area (Å²) >= 11 is 0. The highest BCUT2D eigenvalue weighted by molar-refractivity contribution is 7.89. The summed E-state index contributed by atoms with van der Waals surface area (Å²) in [5, 5.41) is 3.87. The van der Waals surface area contributed by atoms with Crippen LogP contribution in [0.1, 0.15) is 11.7 Å². The van der Waals surface area contributed by atoms with Crippen LogP contribution >= 0.6 is 12.4 Å². The van der Waals surface area contributed by atoms with Gasteiger partial charge in [0.2, 0.25) is 15.9 Å². The molecule has 0 atom stereocenters. The molecule has 1 saturated heterocycles. The van der Waals surface area contributed by atoms with Gasteiger partial charge in [-0.05, 0) is 12.1 Å². The third-order valence-electron chi connectivity index (χ3n) is 4.37. The molecule has 1 aromatic carbocycles. The van der Waals surface area contributed by atoms with Gasteiger partial charge in [0.25, 0.3) is 0 Å². The molecule has 28 heavy (non-hydrogen) atoms. The van der Waals surface area contributed by atoms with E-state index in [2.05, 4.69) is 15.0 Å². The highest BCUT2D eigenvalue weighted by Crippen LogP contribution is 2.31. The van der Waals surface area contributed by atoms with E-state index in [9.17, 15) is 8.42 Å². The third-order valence-corrected chi connectivity index (χ3v) is 6.29. The molecule has 0 amide bonds. The molecular weight excluding hydrogens is 410 g/mol. The topological polar surface area (TPSA) is 124 Å². The van der Waals surface area contributed by atoms with Crippen molar-refractivity contribution in [3.63, 3.8) is 0 Å². The molecule has 1 aliphatic heterocycles. The van der Waals surface area contributed by atoms with E-state index in [4.69, 9.17) is 19.7 Å². The zero-order valence-corrected chi connectivity index (χ0v) is 17.3. The van der Waals surface area contributed by atoms with E-state index in [1.807, 2.05) is 0 Å². The van der Waals surface area contributed by atoms with Crippen LogP contribution in [0.3, 0.4) is 0 Å². The molecule has 10 nitrogen and oxygen atoms in total. The van der Waals surface area contributed by atoms with Crippen LogP contribution in [-0.4, -0.2) is 68.2 Å². The zero-order chi connectivity index (χ0) is 19.4. The van der Waals surface area contributed by atoms with Crippen molar-refractivity contribution in [2.75, 3.05) is 40.4 Å². The first kappa shape index (κ1) is 22.4. The number of piperazine rings is 1. The number of ether oxygens (including phenoxy) is 2. The first-order valence-corrected chi connectivity index (χ1v) is 9.88. The van der Waals surface area contributed by atoms with Gasteiger partial charge in [0.05, 0.1) is 27.3 Å². The second kappa shape index (κ2) is 9.52. The normalized spacial score (nSPS) is 15.8. The molecule has 0 radical (unpaired) electrons. The number of aromatic nitrogens is 2. The molecule has 2 N–H and O–H groups in total. The Labute approximate surface area is 170 Å². The first-order valence-electron chi connectivity index (χ1n) is 8.44. The van der Waals surface area contributed by atoms with Gasteiger partial charge in [0.1, 0.15) is 16.4 Å². The fraction of sp³-hybridized carbons (Fsp3) is 0.500. The molecule has 1 aliphatic rings. The quantitative estimate of drug-likeness (QED) is 0.663. The Bertz CT molecular complexity index is 883. The van der Waals surface area contributed by atoms with Crippen LogP contribution < -0.4 is 15.2 Å². The molecular formula is C16H24ClN5O5S. The van der Waals surface area contributed by atoms with Crippen LogP contribution in [-0.2, 0) is 23.1 Å². The van der Waals surface area contributed by atoms with Crippen molar-refractivity contribution in [1.82, 2.24) is 19.3 Å². The molecule has 2 heterocycles. The Morgan fingerprint density at radius 3 is 2.46 bits per heavy atom. The molecule has 3 rings (SSSR count). The van der Waals surface area contributed by atoms with Gasteiger partial charge in [0, 0.05) is 32.2 Å². The average Bonchev–Trinajstić information content (AvgIpc) is 3.15. The highest BCUT2D eigenvalue weighted by atomic mass is 35.5. The number of hydrogen-bond acceptors (Lipinski definition) is 9. The minimum absolute atomic E-state index is 0. The summed E-state index contributed by atoms with van der Waals surface area (Å²) < 4.78 is 42.9. The summed E-state index contributed by atoms with van der Waals surface area (Å²) in [6.45, 7) is 2.49. The molecule has 0 spiro atoms. The van der Waals surface area contributed by atoms with E-state index in [-0.39, 0.29) is 23.8 Å². The van der Waals surface area contributed by atoms with Crippen molar-refractivity contribution >= 4 is 22.4 Å². The van der Waals surface area contributed by atoms with E-state index in [1.54, 1.807) is 12.1 Å². The number of rotatable bonds is 7. The summed E-state index contributed by atoms with van der Waals surface area (Å²) in [5.41, 5.74) is 5.46. The van der Waals surface area contributed by atoms with Crippen LogP contribution in [0.2, 0.25) is 0 Å². The lowest BCUT2D eigenvalue weighted by Crippen LogP contribution is -2.48. The summed E-state index contributed by atoms with van der Waals surface area (Å²) in [4.78, 5) is 6.34. The molecule has 0 bridgehead atoms. The maximum absolute atomic E-state index is 13.1. The van der Waals surface area contributed by atoms with Gasteiger partial charge in [-0.2, -0.15) is 9.29 Å². The van der Waals surface area contributed by atoms with Crippen molar-refractivity contribution in [3.8, 4) is 11.5 Å². The van der Waals surface area contributed by atoms with Crippen molar-refractivity contribution in [1.29, 1.82) is 0 Å². The summed E-state index contributed by atoms with van der Waals surface area (Å²) in [6.07, 6.45) is 0. The van der Waals surface area contributed by atoms with Gasteiger partial charge >= 0.3 is 0 Å². The zero-order valence-electron chi connectivity index (χ0n) is 15.7. The number of sulfonamides is 1. The maximum atomic E-state index is 13.1. The molecule has 0 aliphatic carbocycles. The highest BCUT2D eigenvalue weighted by Gasteiger charge is 2.31. The lowest BCUT2D eigenvalue weighted by Gasteiger charge is -2.33. The van der Waals surface area contributed by atoms with E-state index in [0.717, 1.165) is 0 Å². The molecule has 12 heteroatoms. The Morgan fingerprint density at radius 2 is 1.89 bits per heavy atom. The molecule has 1 aromatic heterocycles. The Balaban J connectivity index is 0.00000280. The van der Waals surface area contributed by atoms with Crippen LogP contribution in [0.15, 0.2) is 27.6 Å². The summed E-state index contributed by atoms with van der Waals surface area (Å²) in [6, 6.07) is 4.73. The number of halogens is 1. The van der Waals surface area contributed by atoms with E-state index < -0.39 is 10.0 Å². The maximum Gasteiger partial charge on any atom is 0.246 e. The number of nitrogens with zero attached hydrogens (tertiary/aromatic N) is 4. The van der Waals surface area contributed by atoms with Gasteiger partial charge in [-0.15, -0.1) is 12.4 Å². The van der Waals surface area contributed by atoms with Crippen LogP contribution in [0.25, 0.3) is 0 Å². The first-order chi connectivity index (χ1) is 13.0. The second-order valence-corrected chi connectivity index (χ2v) is 7.91. The van der Waals surface area contributed by atoms with Crippen molar-refractivity contribution < 1.29 is 22.4 Å². The molecule has 0 unspecified atom stereocenters. The molecule has 2 aromatic rings. The third kappa shape index (κ3) is 4.73. The van der Waals surface area contributed by atoms with Gasteiger partial charge in [-0.1, -0.05) is 5.16 Å².